The molecule has 4 rings (SSSR count). The first-order valence-electron chi connectivity index (χ1n) is 9.44. The predicted octanol–water partition coefficient (Wildman–Crippen LogP) is 6.93. The Bertz CT molecular complexity index is 1320. The van der Waals surface area contributed by atoms with E-state index in [2.05, 4.69) is 0 Å². The molecule has 1 aromatic heterocycles. The highest BCUT2D eigenvalue weighted by atomic mass is 35.5. The molecule has 10 heteroatoms. The number of halogens is 3. The van der Waals surface area contributed by atoms with Crippen LogP contribution in [0.25, 0.3) is 17.4 Å². The second-order valence-corrected chi connectivity index (χ2v) is 9.12. The van der Waals surface area contributed by atoms with Crippen molar-refractivity contribution in [2.45, 2.75) is 6.54 Å². The molecule has 0 saturated carbocycles. The van der Waals surface area contributed by atoms with Gasteiger partial charge in [0.05, 0.1) is 39.2 Å². The van der Waals surface area contributed by atoms with E-state index >= 15 is 0 Å². The molecule has 2 amide bonds. The van der Waals surface area contributed by atoms with Crippen molar-refractivity contribution in [1.29, 1.82) is 0 Å². The second kappa shape index (κ2) is 9.65. The van der Waals surface area contributed by atoms with Gasteiger partial charge in [-0.2, -0.15) is 0 Å². The zero-order valence-corrected chi connectivity index (χ0v) is 20.0. The molecule has 3 aromatic rings. The van der Waals surface area contributed by atoms with Gasteiger partial charge >= 0.3 is 5.97 Å². The largest absolute Gasteiger partial charge is 0.465 e. The van der Waals surface area contributed by atoms with E-state index in [1.807, 2.05) is 0 Å². The van der Waals surface area contributed by atoms with Crippen molar-refractivity contribution in [3.05, 3.63) is 85.4 Å². The maximum absolute atomic E-state index is 12.8. The summed E-state index contributed by atoms with van der Waals surface area (Å²) in [5.41, 5.74) is 1.49. The first-order chi connectivity index (χ1) is 15.8. The topological polar surface area (TPSA) is 76.8 Å². The van der Waals surface area contributed by atoms with E-state index in [4.69, 9.17) is 44.0 Å². The van der Waals surface area contributed by atoms with Crippen molar-refractivity contribution in [2.75, 3.05) is 7.11 Å². The minimum Gasteiger partial charge on any atom is -0.465 e. The van der Waals surface area contributed by atoms with Crippen molar-refractivity contribution < 1.29 is 23.5 Å². The number of ether oxygens (including phenoxy) is 1. The Kier molecular flexibility index (Phi) is 6.86. The van der Waals surface area contributed by atoms with Gasteiger partial charge in [0, 0.05) is 11.6 Å². The van der Waals surface area contributed by atoms with Crippen molar-refractivity contribution in [2.24, 2.45) is 0 Å². The van der Waals surface area contributed by atoms with Crippen LogP contribution in [0.15, 0.2) is 57.9 Å². The van der Waals surface area contributed by atoms with E-state index in [0.717, 1.165) is 16.7 Å². The summed E-state index contributed by atoms with van der Waals surface area (Å²) >= 11 is 18.8. The van der Waals surface area contributed by atoms with Crippen LogP contribution >= 0.6 is 46.6 Å². The molecular weight excluding hydrogens is 509 g/mol. The summed E-state index contributed by atoms with van der Waals surface area (Å²) in [6.07, 6.45) is 1.50. The zero-order valence-electron chi connectivity index (χ0n) is 16.9. The molecule has 0 spiro atoms. The smallest absolute Gasteiger partial charge is 0.339 e. The number of benzene rings is 2. The summed E-state index contributed by atoms with van der Waals surface area (Å²) in [6.45, 7) is 0.0728. The molecule has 2 heterocycles. The van der Waals surface area contributed by atoms with Gasteiger partial charge in [-0.05, 0) is 59.8 Å². The minimum atomic E-state index is -0.565. The number of amides is 2. The lowest BCUT2D eigenvalue weighted by Crippen LogP contribution is -2.27. The quantitative estimate of drug-likeness (QED) is 0.267. The van der Waals surface area contributed by atoms with Crippen LogP contribution in [-0.4, -0.2) is 29.1 Å². The summed E-state index contributed by atoms with van der Waals surface area (Å²) < 4.78 is 10.5. The molecule has 0 radical (unpaired) electrons. The molecule has 2 aromatic carbocycles. The fourth-order valence-electron chi connectivity index (χ4n) is 3.12. The average Bonchev–Trinajstić information content (AvgIpc) is 3.36. The molecule has 0 N–H and O–H groups in total. The standard InChI is InChI=1S/C23H14Cl3NO5S/c1-31-22(29)15-9-13(3-6-16(15)24)19-7-4-14(32-19)10-20-21(28)27(23(30)33-20)11-12-2-5-17(25)18(26)8-12/h2-10H,11H2,1H3/b20-10-. The van der Waals surface area contributed by atoms with Crippen LogP contribution in [0.1, 0.15) is 21.7 Å². The maximum atomic E-state index is 12.8. The van der Waals surface area contributed by atoms with Gasteiger partial charge in [0.1, 0.15) is 11.5 Å². The molecule has 1 fully saturated rings. The van der Waals surface area contributed by atoms with Gasteiger partial charge in [0.25, 0.3) is 11.1 Å². The number of imide groups is 1. The lowest BCUT2D eigenvalue weighted by molar-refractivity contribution is -0.123. The summed E-state index contributed by atoms with van der Waals surface area (Å²) in [6, 6.07) is 13.1. The fourth-order valence-corrected chi connectivity index (χ4v) is 4.45. The molecule has 1 aliphatic rings. The van der Waals surface area contributed by atoms with Gasteiger partial charge in [0.2, 0.25) is 0 Å². The van der Waals surface area contributed by atoms with Crippen molar-refractivity contribution in [3.8, 4) is 11.3 Å². The molecule has 33 heavy (non-hydrogen) atoms. The number of carbonyl (C=O) groups is 3. The number of thioether (sulfide) groups is 1. The van der Waals surface area contributed by atoms with Gasteiger partial charge in [-0.1, -0.05) is 40.9 Å². The third kappa shape index (κ3) is 4.96. The minimum absolute atomic E-state index is 0.0728. The SMILES string of the molecule is COC(=O)c1cc(-c2ccc(/C=C3\SC(=O)N(Cc4ccc(Cl)c(Cl)c4)C3=O)o2)ccc1Cl. The molecule has 0 bridgehead atoms. The lowest BCUT2D eigenvalue weighted by Gasteiger charge is -2.12. The third-order valence-electron chi connectivity index (χ3n) is 4.75. The highest BCUT2D eigenvalue weighted by Crippen LogP contribution is 2.35. The molecule has 0 atom stereocenters. The molecule has 0 aliphatic carbocycles. The summed E-state index contributed by atoms with van der Waals surface area (Å²) in [5, 5.41) is 0.595. The van der Waals surface area contributed by atoms with E-state index in [0.29, 0.717) is 32.7 Å². The van der Waals surface area contributed by atoms with Crippen molar-refractivity contribution in [1.82, 2.24) is 4.90 Å². The fraction of sp³-hybridized carbons (Fsp3) is 0.0870. The maximum Gasteiger partial charge on any atom is 0.339 e. The summed E-state index contributed by atoms with van der Waals surface area (Å²) in [7, 11) is 1.27. The number of hydrogen-bond donors (Lipinski definition) is 0. The molecular formula is C23H14Cl3NO5S. The average molecular weight is 523 g/mol. The predicted molar refractivity (Wildman–Crippen MR) is 128 cm³/mol. The van der Waals surface area contributed by atoms with Gasteiger partial charge in [-0.3, -0.25) is 14.5 Å². The van der Waals surface area contributed by atoms with Crippen molar-refractivity contribution >= 4 is 69.8 Å². The first kappa shape index (κ1) is 23.4. The molecule has 1 aliphatic heterocycles. The second-order valence-electron chi connectivity index (χ2n) is 6.90. The van der Waals surface area contributed by atoms with Crippen LogP contribution in [0.4, 0.5) is 4.79 Å². The Morgan fingerprint density at radius 1 is 1.03 bits per heavy atom. The van der Waals surface area contributed by atoms with Gasteiger partial charge < -0.3 is 9.15 Å². The van der Waals surface area contributed by atoms with E-state index in [-0.39, 0.29) is 22.0 Å². The molecule has 0 unspecified atom stereocenters. The number of carbonyl (C=O) groups excluding carboxylic acids is 3. The zero-order chi connectivity index (χ0) is 23.7. The first-order valence-corrected chi connectivity index (χ1v) is 11.4. The highest BCUT2D eigenvalue weighted by Gasteiger charge is 2.35. The van der Waals surface area contributed by atoms with Gasteiger partial charge in [0.15, 0.2) is 0 Å². The number of esters is 1. The van der Waals surface area contributed by atoms with E-state index < -0.39 is 17.1 Å². The van der Waals surface area contributed by atoms with E-state index in [1.54, 1.807) is 48.5 Å². The molecule has 6 nitrogen and oxygen atoms in total. The Balaban J connectivity index is 1.55. The summed E-state index contributed by atoms with van der Waals surface area (Å²) in [5.74, 6) is -0.171. The Morgan fingerprint density at radius 3 is 2.52 bits per heavy atom. The van der Waals surface area contributed by atoms with E-state index in [9.17, 15) is 14.4 Å². The number of furan rings is 1. The van der Waals surface area contributed by atoms with Gasteiger partial charge in [-0.15, -0.1) is 0 Å². The number of hydrogen-bond acceptors (Lipinski definition) is 6. The van der Waals surface area contributed by atoms with Crippen LogP contribution in [0.5, 0.6) is 0 Å². The van der Waals surface area contributed by atoms with Crippen LogP contribution < -0.4 is 0 Å². The van der Waals surface area contributed by atoms with Crippen LogP contribution in [-0.2, 0) is 16.1 Å². The van der Waals surface area contributed by atoms with Crippen LogP contribution in [0.2, 0.25) is 15.1 Å². The molecule has 1 saturated heterocycles. The Morgan fingerprint density at radius 2 is 1.79 bits per heavy atom. The lowest BCUT2D eigenvalue weighted by atomic mass is 10.1. The number of rotatable bonds is 5. The highest BCUT2D eigenvalue weighted by molar-refractivity contribution is 8.18. The van der Waals surface area contributed by atoms with Gasteiger partial charge in [-0.25, -0.2) is 4.79 Å². The number of methoxy groups -OCH3 is 1. The Labute approximate surface area is 208 Å². The van der Waals surface area contributed by atoms with Crippen molar-refractivity contribution in [3.63, 3.8) is 0 Å². The Hall–Kier alpha value is -2.71. The normalized spacial score (nSPS) is 14.9. The third-order valence-corrected chi connectivity index (χ3v) is 6.73. The monoisotopic (exact) mass is 521 g/mol. The summed E-state index contributed by atoms with van der Waals surface area (Å²) in [4.78, 5) is 38.4. The molecule has 168 valence electrons. The number of nitrogens with zero attached hydrogens (tertiary/aromatic N) is 1. The van der Waals surface area contributed by atoms with Crippen LogP contribution in [0, 0.1) is 0 Å². The van der Waals surface area contributed by atoms with E-state index in [1.165, 1.54) is 13.2 Å². The van der Waals surface area contributed by atoms with Crippen LogP contribution in [0.3, 0.4) is 0 Å².